The number of benzene rings is 2. The number of methoxy groups -OCH3 is 1. The topological polar surface area (TPSA) is 67.0 Å². The summed E-state index contributed by atoms with van der Waals surface area (Å²) in [4.78, 5) is 12.6. The number of halogens is 2. The molecular formula is C25H27BrFN3O2. The van der Waals surface area contributed by atoms with E-state index in [1.165, 1.54) is 19.6 Å². The van der Waals surface area contributed by atoms with Crippen LogP contribution < -0.4 is 10.1 Å². The van der Waals surface area contributed by atoms with E-state index in [-0.39, 0.29) is 5.91 Å². The number of hydrogen-bond acceptors (Lipinski definition) is 3. The Balaban J connectivity index is 0.00000114. The van der Waals surface area contributed by atoms with Gasteiger partial charge in [0.15, 0.2) is 5.82 Å². The van der Waals surface area contributed by atoms with E-state index in [0.29, 0.717) is 39.5 Å². The van der Waals surface area contributed by atoms with Gasteiger partial charge >= 0.3 is 0 Å². The van der Waals surface area contributed by atoms with Crippen LogP contribution in [0.25, 0.3) is 17.7 Å². The Labute approximate surface area is 196 Å². The Morgan fingerprint density at radius 1 is 1.28 bits per heavy atom. The summed E-state index contributed by atoms with van der Waals surface area (Å²) < 4.78 is 20.5. The first-order valence-electron chi connectivity index (χ1n) is 10.1. The maximum atomic E-state index is 14.4. The van der Waals surface area contributed by atoms with E-state index in [9.17, 15) is 9.18 Å². The first-order valence-corrected chi connectivity index (χ1v) is 10.9. The molecule has 0 aliphatic rings. The molecule has 2 N–H and O–H groups in total. The van der Waals surface area contributed by atoms with Crippen molar-refractivity contribution in [1.82, 2.24) is 10.2 Å². The lowest BCUT2D eigenvalue weighted by Crippen LogP contribution is -2.13. The minimum Gasteiger partial charge on any atom is -0.496 e. The Morgan fingerprint density at radius 3 is 2.59 bits per heavy atom. The molecular weight excluding hydrogens is 473 g/mol. The zero-order valence-corrected chi connectivity index (χ0v) is 20.2. The monoisotopic (exact) mass is 499 g/mol. The average molecular weight is 500 g/mol. The van der Waals surface area contributed by atoms with Crippen LogP contribution >= 0.6 is 15.9 Å². The third kappa shape index (κ3) is 6.17. The van der Waals surface area contributed by atoms with Crippen molar-refractivity contribution in [3.8, 4) is 5.75 Å². The highest BCUT2D eigenvalue weighted by Crippen LogP contribution is 2.32. The lowest BCUT2D eigenvalue weighted by Gasteiger charge is -2.10. The van der Waals surface area contributed by atoms with Crippen molar-refractivity contribution in [3.05, 3.63) is 81.7 Å². The van der Waals surface area contributed by atoms with E-state index in [1.54, 1.807) is 49.4 Å². The maximum absolute atomic E-state index is 14.4. The van der Waals surface area contributed by atoms with Crippen molar-refractivity contribution < 1.29 is 13.9 Å². The normalized spacial score (nSPS) is 10.8. The van der Waals surface area contributed by atoms with Gasteiger partial charge in [-0.15, -0.1) is 0 Å². The molecule has 0 radical (unpaired) electrons. The number of carbonyl (C=O) groups is 1. The Kier molecular flexibility index (Phi) is 9.40. The number of aromatic nitrogens is 2. The van der Waals surface area contributed by atoms with Gasteiger partial charge in [0, 0.05) is 15.6 Å². The Bertz CT molecular complexity index is 1120. The zero-order chi connectivity index (χ0) is 23.7. The van der Waals surface area contributed by atoms with Crippen LogP contribution in [0.4, 0.5) is 10.2 Å². The molecule has 0 saturated heterocycles. The molecule has 7 heteroatoms. The number of ether oxygens (including phenoxy) is 1. The highest BCUT2D eigenvalue weighted by Gasteiger charge is 2.16. The van der Waals surface area contributed by atoms with Crippen LogP contribution in [-0.4, -0.2) is 23.2 Å². The van der Waals surface area contributed by atoms with Crippen molar-refractivity contribution >= 4 is 45.4 Å². The van der Waals surface area contributed by atoms with Crippen molar-refractivity contribution in [1.29, 1.82) is 0 Å². The van der Waals surface area contributed by atoms with Crippen LogP contribution in [0.3, 0.4) is 0 Å². The van der Waals surface area contributed by atoms with Gasteiger partial charge < -0.3 is 10.1 Å². The predicted octanol–water partition coefficient (Wildman–Crippen LogP) is 7.19. The van der Waals surface area contributed by atoms with Crippen molar-refractivity contribution in [2.24, 2.45) is 0 Å². The van der Waals surface area contributed by atoms with Crippen LogP contribution in [0.15, 0.2) is 53.5 Å². The second kappa shape index (κ2) is 12.0. The molecule has 0 aliphatic carbocycles. The standard InChI is InChI=1S/C22H19BrFN3O2.C3H8/c1-4-18-16(11-13(2)20-17(24)9-6-10-19(20)29-3)21(27-26-18)25-22(28)14-7-5-8-15(23)12-14;1-3-2/h4-12H,1H2,2-3H3,(H2,25,26,27,28);3H2,1-2H3/b13-11+;. The molecule has 168 valence electrons. The summed E-state index contributed by atoms with van der Waals surface area (Å²) in [5.41, 5.74) is 2.62. The Hall–Kier alpha value is -3.19. The highest BCUT2D eigenvalue weighted by atomic mass is 79.9. The number of anilines is 1. The van der Waals surface area contributed by atoms with Crippen molar-refractivity contribution in [2.75, 3.05) is 12.4 Å². The number of nitrogens with one attached hydrogen (secondary N) is 2. The molecule has 0 atom stereocenters. The molecule has 0 bridgehead atoms. The molecule has 1 aromatic heterocycles. The summed E-state index contributed by atoms with van der Waals surface area (Å²) in [5.74, 6) is 0.0207. The van der Waals surface area contributed by atoms with Crippen LogP contribution in [-0.2, 0) is 0 Å². The lowest BCUT2D eigenvalue weighted by molar-refractivity contribution is 0.102. The van der Waals surface area contributed by atoms with Crippen molar-refractivity contribution in [3.63, 3.8) is 0 Å². The first-order chi connectivity index (χ1) is 15.4. The number of carbonyl (C=O) groups excluding carboxylic acids is 1. The fourth-order valence-corrected chi connectivity index (χ4v) is 3.32. The van der Waals surface area contributed by atoms with Gasteiger partial charge in [0.1, 0.15) is 11.6 Å². The number of amides is 1. The second-order valence-electron chi connectivity index (χ2n) is 6.92. The number of nitrogens with zero attached hydrogens (tertiary/aromatic N) is 1. The number of aromatic amines is 1. The van der Waals surface area contributed by atoms with Gasteiger partial charge in [0.2, 0.25) is 0 Å². The minimum absolute atomic E-state index is 0.316. The smallest absolute Gasteiger partial charge is 0.256 e. The van der Waals surface area contributed by atoms with Gasteiger partial charge in [-0.2, -0.15) is 5.10 Å². The van der Waals surface area contributed by atoms with Gasteiger partial charge in [0.25, 0.3) is 5.91 Å². The molecule has 0 fully saturated rings. The van der Waals surface area contributed by atoms with Gasteiger partial charge in [-0.05, 0) is 55.0 Å². The van der Waals surface area contributed by atoms with Gasteiger partial charge in [-0.1, -0.05) is 54.9 Å². The number of H-pyrrole nitrogens is 1. The molecule has 0 saturated carbocycles. The zero-order valence-electron chi connectivity index (χ0n) is 18.6. The second-order valence-corrected chi connectivity index (χ2v) is 7.84. The largest absolute Gasteiger partial charge is 0.496 e. The predicted molar refractivity (Wildman–Crippen MR) is 133 cm³/mol. The van der Waals surface area contributed by atoms with E-state index in [0.717, 1.165) is 4.47 Å². The lowest BCUT2D eigenvalue weighted by atomic mass is 10.0. The summed E-state index contributed by atoms with van der Waals surface area (Å²) in [5, 5.41) is 9.80. The maximum Gasteiger partial charge on any atom is 0.256 e. The summed E-state index contributed by atoms with van der Waals surface area (Å²) in [6.07, 6.45) is 4.57. The number of allylic oxidation sites excluding steroid dienone is 1. The molecule has 32 heavy (non-hydrogen) atoms. The van der Waals surface area contributed by atoms with Crippen LogP contribution in [0, 0.1) is 5.82 Å². The van der Waals surface area contributed by atoms with Crippen LogP contribution in [0.2, 0.25) is 0 Å². The SMILES string of the molecule is C=Cc1[nH]nc(NC(=O)c2cccc(Br)c2)c1/C=C(\C)c1c(F)cccc1OC.CCC. The van der Waals surface area contributed by atoms with Crippen LogP contribution in [0.1, 0.15) is 54.4 Å². The fraction of sp³-hybridized carbons (Fsp3) is 0.200. The molecule has 2 aromatic carbocycles. The first kappa shape index (κ1) is 25.1. The Morgan fingerprint density at radius 2 is 1.97 bits per heavy atom. The minimum atomic E-state index is -0.401. The summed E-state index contributed by atoms with van der Waals surface area (Å²) in [6, 6.07) is 11.7. The molecule has 0 unspecified atom stereocenters. The van der Waals surface area contributed by atoms with Crippen molar-refractivity contribution in [2.45, 2.75) is 27.2 Å². The van der Waals surface area contributed by atoms with Gasteiger partial charge in [-0.3, -0.25) is 9.89 Å². The van der Waals surface area contributed by atoms with Gasteiger partial charge in [0.05, 0.1) is 18.4 Å². The average Bonchev–Trinajstić information content (AvgIpc) is 3.14. The fourth-order valence-electron chi connectivity index (χ4n) is 2.92. The van der Waals surface area contributed by atoms with E-state index >= 15 is 0 Å². The third-order valence-electron chi connectivity index (χ3n) is 4.31. The molecule has 1 amide bonds. The molecule has 3 rings (SSSR count). The molecule has 5 nitrogen and oxygen atoms in total. The van der Waals surface area contributed by atoms with Crippen LogP contribution in [0.5, 0.6) is 5.75 Å². The third-order valence-corrected chi connectivity index (χ3v) is 4.80. The van der Waals surface area contributed by atoms with Gasteiger partial charge in [-0.25, -0.2) is 4.39 Å². The molecule has 0 aliphatic heterocycles. The quantitative estimate of drug-likeness (QED) is 0.376. The summed E-state index contributed by atoms with van der Waals surface area (Å²) in [6.45, 7) is 9.78. The van der Waals surface area contributed by atoms with E-state index in [1.807, 2.05) is 6.07 Å². The highest BCUT2D eigenvalue weighted by molar-refractivity contribution is 9.10. The summed E-state index contributed by atoms with van der Waals surface area (Å²) in [7, 11) is 1.49. The number of hydrogen-bond donors (Lipinski definition) is 2. The molecule has 0 spiro atoms. The molecule has 3 aromatic rings. The van der Waals surface area contributed by atoms with E-state index in [4.69, 9.17) is 4.74 Å². The molecule has 1 heterocycles. The van der Waals surface area contributed by atoms with E-state index < -0.39 is 5.82 Å². The summed E-state index contributed by atoms with van der Waals surface area (Å²) >= 11 is 3.35. The van der Waals surface area contributed by atoms with E-state index in [2.05, 4.69) is 51.9 Å². The number of rotatable bonds is 6.